The molecule has 7 heteroatoms. The lowest BCUT2D eigenvalue weighted by atomic mass is 10.2. The van der Waals surface area contributed by atoms with E-state index in [0.29, 0.717) is 5.69 Å². The van der Waals surface area contributed by atoms with Crippen molar-refractivity contribution < 1.29 is 9.72 Å². The van der Waals surface area contributed by atoms with Gasteiger partial charge in [0.05, 0.1) is 4.92 Å². The normalized spacial score (nSPS) is 10.2. The van der Waals surface area contributed by atoms with Crippen molar-refractivity contribution in [2.75, 3.05) is 5.32 Å². The van der Waals surface area contributed by atoms with Crippen molar-refractivity contribution in [3.8, 4) is 0 Å². The number of nitrogens with one attached hydrogen (secondary N) is 2. The fourth-order valence-corrected chi connectivity index (χ4v) is 1.93. The Balaban J connectivity index is 2.28. The second-order valence-corrected chi connectivity index (χ2v) is 4.88. The van der Waals surface area contributed by atoms with E-state index in [1.165, 1.54) is 12.1 Å². The molecule has 0 atom stereocenters. The van der Waals surface area contributed by atoms with Gasteiger partial charge in [-0.1, -0.05) is 6.07 Å². The van der Waals surface area contributed by atoms with Crippen molar-refractivity contribution in [3.63, 3.8) is 0 Å². The number of nitro groups is 1. The Kier molecular flexibility index (Phi) is 3.66. The van der Waals surface area contributed by atoms with Crippen molar-refractivity contribution in [2.24, 2.45) is 0 Å². The Bertz CT molecular complexity index is 651. The van der Waals surface area contributed by atoms with Crippen molar-refractivity contribution in [3.05, 3.63) is 56.3 Å². The van der Waals surface area contributed by atoms with Crippen LogP contribution in [-0.2, 0) is 0 Å². The lowest BCUT2D eigenvalue weighted by Crippen LogP contribution is -2.13. The predicted octanol–water partition coefficient (Wildman–Crippen LogP) is 3.25. The van der Waals surface area contributed by atoms with Gasteiger partial charge in [-0.2, -0.15) is 0 Å². The SMILES string of the molecule is Cc1ccc(NC(=O)c2cc(Br)c[nH]2)c([N+](=O)[O-])c1. The monoisotopic (exact) mass is 323 g/mol. The van der Waals surface area contributed by atoms with E-state index in [-0.39, 0.29) is 11.4 Å². The van der Waals surface area contributed by atoms with Crippen LogP contribution in [-0.4, -0.2) is 15.8 Å². The quantitative estimate of drug-likeness (QED) is 0.671. The highest BCUT2D eigenvalue weighted by atomic mass is 79.9. The summed E-state index contributed by atoms with van der Waals surface area (Å²) in [7, 11) is 0. The molecule has 19 heavy (non-hydrogen) atoms. The zero-order valence-electron chi connectivity index (χ0n) is 9.94. The molecular weight excluding hydrogens is 314 g/mol. The first kappa shape index (κ1) is 13.3. The van der Waals surface area contributed by atoms with Crippen LogP contribution in [0, 0.1) is 17.0 Å². The fraction of sp³-hybridized carbons (Fsp3) is 0.0833. The van der Waals surface area contributed by atoms with Gasteiger partial charge in [0.25, 0.3) is 11.6 Å². The number of halogens is 1. The summed E-state index contributed by atoms with van der Waals surface area (Å²) in [6.45, 7) is 1.75. The molecular formula is C12H10BrN3O3. The van der Waals surface area contributed by atoms with E-state index < -0.39 is 10.8 Å². The minimum atomic E-state index is -0.521. The minimum absolute atomic E-state index is 0.126. The summed E-state index contributed by atoms with van der Waals surface area (Å²) < 4.78 is 0.732. The molecule has 1 aromatic heterocycles. The van der Waals surface area contributed by atoms with Gasteiger partial charge in [-0.25, -0.2) is 0 Å². The third-order valence-electron chi connectivity index (χ3n) is 2.49. The Hall–Kier alpha value is -2.15. The van der Waals surface area contributed by atoms with Gasteiger partial charge in [0.15, 0.2) is 0 Å². The van der Waals surface area contributed by atoms with Gasteiger partial charge in [-0.05, 0) is 40.5 Å². The van der Waals surface area contributed by atoms with E-state index in [1.54, 1.807) is 25.3 Å². The molecule has 2 N–H and O–H groups in total. The van der Waals surface area contributed by atoms with Crippen LogP contribution in [0.25, 0.3) is 0 Å². The number of amides is 1. The minimum Gasteiger partial charge on any atom is -0.356 e. The smallest absolute Gasteiger partial charge is 0.293 e. The second-order valence-electron chi connectivity index (χ2n) is 3.96. The summed E-state index contributed by atoms with van der Waals surface area (Å²) in [5.74, 6) is -0.433. The molecule has 0 saturated heterocycles. The number of carbonyl (C=O) groups excluding carboxylic acids is 1. The van der Waals surface area contributed by atoms with Gasteiger partial charge in [-0.3, -0.25) is 14.9 Å². The first-order valence-corrected chi connectivity index (χ1v) is 6.17. The zero-order chi connectivity index (χ0) is 14.0. The van der Waals surface area contributed by atoms with Gasteiger partial charge >= 0.3 is 0 Å². The van der Waals surface area contributed by atoms with Gasteiger partial charge in [0.2, 0.25) is 0 Å². The topological polar surface area (TPSA) is 88.0 Å². The van der Waals surface area contributed by atoms with Gasteiger partial charge in [-0.15, -0.1) is 0 Å². The molecule has 0 spiro atoms. The first-order valence-electron chi connectivity index (χ1n) is 5.37. The number of rotatable bonds is 3. The van der Waals surface area contributed by atoms with Crippen LogP contribution >= 0.6 is 15.9 Å². The van der Waals surface area contributed by atoms with Crippen LogP contribution < -0.4 is 5.32 Å². The second kappa shape index (κ2) is 5.23. The van der Waals surface area contributed by atoms with Crippen molar-refractivity contribution >= 4 is 33.2 Å². The highest BCUT2D eigenvalue weighted by Gasteiger charge is 2.17. The van der Waals surface area contributed by atoms with Crippen LogP contribution in [0.3, 0.4) is 0 Å². The number of nitrogens with zero attached hydrogens (tertiary/aromatic N) is 1. The molecule has 1 heterocycles. The molecule has 0 aliphatic rings. The van der Waals surface area contributed by atoms with Crippen molar-refractivity contribution in [1.82, 2.24) is 4.98 Å². The number of aromatic nitrogens is 1. The van der Waals surface area contributed by atoms with E-state index in [1.807, 2.05) is 0 Å². The number of H-pyrrole nitrogens is 1. The number of aryl methyl sites for hydroxylation is 1. The average molecular weight is 324 g/mol. The Morgan fingerprint density at radius 1 is 1.42 bits per heavy atom. The molecule has 98 valence electrons. The van der Waals surface area contributed by atoms with Crippen molar-refractivity contribution in [1.29, 1.82) is 0 Å². The Morgan fingerprint density at radius 3 is 2.74 bits per heavy atom. The molecule has 0 unspecified atom stereocenters. The molecule has 6 nitrogen and oxygen atoms in total. The van der Waals surface area contributed by atoms with Crippen molar-refractivity contribution in [2.45, 2.75) is 6.92 Å². The maximum atomic E-state index is 11.9. The van der Waals surface area contributed by atoms with E-state index in [0.717, 1.165) is 10.0 Å². The molecule has 2 aromatic rings. The summed E-state index contributed by atoms with van der Waals surface area (Å²) in [5, 5.41) is 13.5. The van der Waals surface area contributed by atoms with Gasteiger partial charge < -0.3 is 10.3 Å². The number of hydrogen-bond donors (Lipinski definition) is 2. The molecule has 0 bridgehead atoms. The number of nitro benzene ring substituents is 1. The van der Waals surface area contributed by atoms with E-state index in [4.69, 9.17) is 0 Å². The number of anilines is 1. The fourth-order valence-electron chi connectivity index (χ4n) is 1.59. The summed E-state index contributed by atoms with van der Waals surface area (Å²) >= 11 is 3.21. The predicted molar refractivity (Wildman–Crippen MR) is 74.3 cm³/mol. The van der Waals surface area contributed by atoms with Gasteiger partial charge in [0, 0.05) is 16.7 Å². The summed E-state index contributed by atoms with van der Waals surface area (Å²) in [6.07, 6.45) is 1.61. The first-order chi connectivity index (χ1) is 8.97. The third-order valence-corrected chi connectivity index (χ3v) is 2.95. The largest absolute Gasteiger partial charge is 0.356 e. The molecule has 0 radical (unpaired) electrons. The van der Waals surface area contributed by atoms with E-state index in [2.05, 4.69) is 26.2 Å². The average Bonchev–Trinajstić information content (AvgIpc) is 2.78. The summed E-state index contributed by atoms with van der Waals surface area (Å²) in [6, 6.07) is 6.23. The Morgan fingerprint density at radius 2 is 2.16 bits per heavy atom. The zero-order valence-corrected chi connectivity index (χ0v) is 11.5. The van der Waals surface area contributed by atoms with Crippen LogP contribution in [0.1, 0.15) is 16.1 Å². The van der Waals surface area contributed by atoms with Crippen LogP contribution in [0.4, 0.5) is 11.4 Å². The summed E-state index contributed by atoms with van der Waals surface area (Å²) in [5.41, 5.74) is 1.12. The molecule has 1 amide bonds. The van der Waals surface area contributed by atoms with Crippen LogP contribution in [0.5, 0.6) is 0 Å². The number of carbonyl (C=O) groups is 1. The number of hydrogen-bond acceptors (Lipinski definition) is 3. The standard InChI is InChI=1S/C12H10BrN3O3/c1-7-2-3-9(11(4-7)16(18)19)15-12(17)10-5-8(13)6-14-10/h2-6,14H,1H3,(H,15,17). The van der Waals surface area contributed by atoms with E-state index >= 15 is 0 Å². The van der Waals surface area contributed by atoms with Crippen LogP contribution in [0.2, 0.25) is 0 Å². The molecule has 0 saturated carbocycles. The Labute approximate surface area is 117 Å². The molecule has 0 fully saturated rings. The lowest BCUT2D eigenvalue weighted by Gasteiger charge is -2.05. The highest BCUT2D eigenvalue weighted by Crippen LogP contribution is 2.25. The lowest BCUT2D eigenvalue weighted by molar-refractivity contribution is -0.384. The van der Waals surface area contributed by atoms with E-state index in [9.17, 15) is 14.9 Å². The highest BCUT2D eigenvalue weighted by molar-refractivity contribution is 9.10. The third kappa shape index (κ3) is 3.00. The van der Waals surface area contributed by atoms with Gasteiger partial charge in [0.1, 0.15) is 11.4 Å². The maximum Gasteiger partial charge on any atom is 0.293 e. The molecule has 2 rings (SSSR count). The number of benzene rings is 1. The summed E-state index contributed by atoms with van der Waals surface area (Å²) in [4.78, 5) is 25.1. The molecule has 0 aliphatic carbocycles. The van der Waals surface area contributed by atoms with Crippen LogP contribution in [0.15, 0.2) is 34.9 Å². The molecule has 1 aromatic carbocycles. The number of aromatic amines is 1. The maximum absolute atomic E-state index is 11.9. The molecule has 0 aliphatic heterocycles.